The summed E-state index contributed by atoms with van der Waals surface area (Å²) in [5.74, 6) is 14.3. The summed E-state index contributed by atoms with van der Waals surface area (Å²) in [6.07, 6.45) is 12.5. The number of hydrogen-bond donors (Lipinski definition) is 0. The summed E-state index contributed by atoms with van der Waals surface area (Å²) in [4.78, 5) is 0. The summed E-state index contributed by atoms with van der Waals surface area (Å²) in [5, 5.41) is 4.56. The molecule has 0 N–H and O–H groups in total. The fourth-order valence-electron chi connectivity index (χ4n) is 6.55. The molecule has 0 heterocycles. The predicted octanol–water partition coefficient (Wildman–Crippen LogP) is 12.7. The third kappa shape index (κ3) is 8.26. The van der Waals surface area contributed by atoms with Crippen molar-refractivity contribution >= 4 is 21.5 Å². The molecule has 0 spiro atoms. The molecule has 0 saturated heterocycles. The van der Waals surface area contributed by atoms with Gasteiger partial charge in [-0.25, -0.2) is 0 Å². The maximum Gasteiger partial charge on any atom is 0.0407 e. The first-order valence-electron chi connectivity index (χ1n) is 18.0. The minimum Gasteiger partial charge on any atom is -0.0654 e. The Morgan fingerprint density at radius 1 is 0.375 bits per heavy atom. The molecular weight excluding hydrogens is 577 g/mol. The summed E-state index contributed by atoms with van der Waals surface area (Å²) in [7, 11) is 0. The highest BCUT2D eigenvalue weighted by molar-refractivity contribution is 6.10. The number of aryl methyl sites for hydroxylation is 2. The number of benzene rings is 6. The van der Waals surface area contributed by atoms with E-state index in [1.807, 2.05) is 0 Å². The van der Waals surface area contributed by atoms with E-state index < -0.39 is 0 Å². The molecule has 0 bridgehead atoms. The fourth-order valence-corrected chi connectivity index (χ4v) is 6.55. The van der Waals surface area contributed by atoms with Crippen molar-refractivity contribution in [1.82, 2.24) is 0 Å². The molecule has 0 fully saturated rings. The second-order valence-electron chi connectivity index (χ2n) is 12.9. The van der Waals surface area contributed by atoms with Gasteiger partial charge in [0.25, 0.3) is 0 Å². The maximum atomic E-state index is 3.64. The zero-order chi connectivity index (χ0) is 33.0. The normalized spacial score (nSPS) is 10.8. The molecule has 0 radical (unpaired) electrons. The van der Waals surface area contributed by atoms with Gasteiger partial charge in [-0.1, -0.05) is 167 Å². The smallest absolute Gasteiger partial charge is 0.0407 e. The Bertz CT molecular complexity index is 2070. The molecule has 0 aliphatic heterocycles. The summed E-state index contributed by atoms with van der Waals surface area (Å²) < 4.78 is 0. The molecule has 0 aromatic heterocycles. The zero-order valence-corrected chi connectivity index (χ0v) is 28.6. The molecule has 6 aromatic carbocycles. The van der Waals surface area contributed by atoms with Crippen LogP contribution in [0.2, 0.25) is 0 Å². The van der Waals surface area contributed by atoms with Gasteiger partial charge in [0.15, 0.2) is 0 Å². The highest BCUT2D eigenvalue weighted by Gasteiger charge is 2.13. The predicted molar refractivity (Wildman–Crippen MR) is 207 cm³/mol. The van der Waals surface area contributed by atoms with Gasteiger partial charge in [0.1, 0.15) is 0 Å². The Morgan fingerprint density at radius 3 is 1.38 bits per heavy atom. The van der Waals surface area contributed by atoms with E-state index in [1.165, 1.54) is 73.6 Å². The second-order valence-corrected chi connectivity index (χ2v) is 12.9. The average Bonchev–Trinajstić information content (AvgIpc) is 3.14. The first-order valence-corrected chi connectivity index (χ1v) is 18.0. The van der Waals surface area contributed by atoms with Crippen molar-refractivity contribution in [2.75, 3.05) is 0 Å². The van der Waals surface area contributed by atoms with E-state index in [-0.39, 0.29) is 0 Å². The monoisotopic (exact) mass is 622 g/mol. The third-order valence-corrected chi connectivity index (χ3v) is 9.34. The first kappa shape index (κ1) is 32.9. The summed E-state index contributed by atoms with van der Waals surface area (Å²) in [5.41, 5.74) is 9.37. The molecule has 0 heteroatoms. The first-order chi connectivity index (χ1) is 23.7. The van der Waals surface area contributed by atoms with Crippen molar-refractivity contribution in [2.24, 2.45) is 0 Å². The SMILES string of the molecule is CCCCCCc1ccc(C#Cc2c3ccccc3c(C#Cc3ccc(CCCCCC)cc3)c3cc(-c4ccccc4)ccc23)cc1. The Morgan fingerprint density at radius 2 is 0.854 bits per heavy atom. The Hall–Kier alpha value is -5.04. The van der Waals surface area contributed by atoms with E-state index in [1.54, 1.807) is 0 Å². The van der Waals surface area contributed by atoms with Gasteiger partial charge in [-0.15, -0.1) is 0 Å². The minimum absolute atomic E-state index is 1.04. The maximum absolute atomic E-state index is 3.64. The van der Waals surface area contributed by atoms with Crippen molar-refractivity contribution in [1.29, 1.82) is 0 Å². The molecular formula is C48H46. The fraction of sp³-hybridized carbons (Fsp3) is 0.250. The summed E-state index contributed by atoms with van der Waals surface area (Å²) in [6.45, 7) is 4.53. The lowest BCUT2D eigenvalue weighted by Gasteiger charge is -2.13. The van der Waals surface area contributed by atoms with E-state index in [0.717, 1.165) is 56.6 Å². The van der Waals surface area contributed by atoms with Crippen LogP contribution in [-0.4, -0.2) is 0 Å². The van der Waals surface area contributed by atoms with E-state index >= 15 is 0 Å². The quantitative estimate of drug-likeness (QED) is 0.0766. The van der Waals surface area contributed by atoms with Crippen LogP contribution in [0, 0.1) is 23.7 Å². The minimum atomic E-state index is 1.04. The third-order valence-electron chi connectivity index (χ3n) is 9.34. The van der Waals surface area contributed by atoms with Gasteiger partial charge in [0, 0.05) is 22.3 Å². The van der Waals surface area contributed by atoms with Crippen LogP contribution in [0.3, 0.4) is 0 Å². The summed E-state index contributed by atoms with van der Waals surface area (Å²) >= 11 is 0. The molecule has 0 unspecified atom stereocenters. The lowest BCUT2D eigenvalue weighted by atomic mass is 9.89. The molecule has 0 amide bonds. The van der Waals surface area contributed by atoms with Crippen molar-refractivity contribution in [3.63, 3.8) is 0 Å². The van der Waals surface area contributed by atoms with Crippen LogP contribution >= 0.6 is 0 Å². The molecule has 0 nitrogen and oxygen atoms in total. The van der Waals surface area contributed by atoms with Crippen LogP contribution < -0.4 is 0 Å². The lowest BCUT2D eigenvalue weighted by molar-refractivity contribution is 0.667. The standard InChI is InChI=1S/C48H46/c1-3-5-7-10-16-37-22-26-39(27-23-37)30-33-45-43-20-14-15-21-44(43)46(34-31-40-28-24-38(25-29-40)17-11-8-6-4-2)48-36-42(32-35-47(45)48)41-18-12-9-13-19-41/h9,12-15,18-29,32,35-36H,3-8,10-11,16-17H2,1-2H3. The average molecular weight is 623 g/mol. The second kappa shape index (κ2) is 16.7. The van der Waals surface area contributed by atoms with Crippen molar-refractivity contribution in [3.8, 4) is 34.8 Å². The van der Waals surface area contributed by atoms with Crippen molar-refractivity contribution in [2.45, 2.75) is 78.1 Å². The number of fused-ring (bicyclic) bond motifs is 2. The number of hydrogen-bond acceptors (Lipinski definition) is 0. The highest BCUT2D eigenvalue weighted by Crippen LogP contribution is 2.35. The van der Waals surface area contributed by atoms with Crippen LogP contribution in [0.5, 0.6) is 0 Å². The van der Waals surface area contributed by atoms with Gasteiger partial charge in [0.05, 0.1) is 0 Å². The van der Waals surface area contributed by atoms with Gasteiger partial charge < -0.3 is 0 Å². The van der Waals surface area contributed by atoms with Crippen molar-refractivity contribution < 1.29 is 0 Å². The topological polar surface area (TPSA) is 0 Å². The molecule has 0 saturated carbocycles. The molecule has 0 aliphatic rings. The number of rotatable bonds is 11. The van der Waals surface area contributed by atoms with Crippen LogP contribution in [0.25, 0.3) is 32.7 Å². The van der Waals surface area contributed by atoms with Gasteiger partial charge in [-0.3, -0.25) is 0 Å². The largest absolute Gasteiger partial charge is 0.0654 e. The van der Waals surface area contributed by atoms with Gasteiger partial charge >= 0.3 is 0 Å². The van der Waals surface area contributed by atoms with Gasteiger partial charge in [-0.2, -0.15) is 0 Å². The van der Waals surface area contributed by atoms with Crippen LogP contribution in [0.15, 0.2) is 121 Å². The molecule has 6 rings (SSSR count). The summed E-state index contributed by atoms with van der Waals surface area (Å²) in [6, 6.07) is 43.7. The number of unbranched alkanes of at least 4 members (excludes halogenated alkanes) is 6. The zero-order valence-electron chi connectivity index (χ0n) is 28.6. The molecule has 238 valence electrons. The Labute approximate surface area is 288 Å². The van der Waals surface area contributed by atoms with Gasteiger partial charge in [0.2, 0.25) is 0 Å². The van der Waals surface area contributed by atoms with E-state index in [0.29, 0.717) is 0 Å². The van der Waals surface area contributed by atoms with Gasteiger partial charge in [-0.05, 0) is 99.8 Å². The highest BCUT2D eigenvalue weighted by atomic mass is 14.2. The van der Waals surface area contributed by atoms with Crippen molar-refractivity contribution in [3.05, 3.63) is 155 Å². The molecule has 0 aliphatic carbocycles. The van der Waals surface area contributed by atoms with E-state index in [4.69, 9.17) is 0 Å². The van der Waals surface area contributed by atoms with E-state index in [9.17, 15) is 0 Å². The molecule has 48 heavy (non-hydrogen) atoms. The molecule has 0 atom stereocenters. The lowest BCUT2D eigenvalue weighted by Crippen LogP contribution is -1.92. The molecule has 6 aromatic rings. The van der Waals surface area contributed by atoms with Crippen LogP contribution in [0.4, 0.5) is 0 Å². The van der Waals surface area contributed by atoms with Crippen LogP contribution in [0.1, 0.15) is 98.6 Å². The Kier molecular flexibility index (Phi) is 11.4. The van der Waals surface area contributed by atoms with E-state index in [2.05, 4.69) is 159 Å². The van der Waals surface area contributed by atoms with Crippen LogP contribution in [-0.2, 0) is 12.8 Å². The Balaban J connectivity index is 1.40.